The molecule has 0 bridgehead atoms. The van der Waals surface area contributed by atoms with Crippen molar-refractivity contribution in [3.05, 3.63) is 88.5 Å². The molecule has 2 atom stereocenters. The molecule has 1 saturated heterocycles. The maximum absolute atomic E-state index is 11.8. The van der Waals surface area contributed by atoms with E-state index in [1.807, 2.05) is 62.4 Å². The number of benzene rings is 3. The summed E-state index contributed by atoms with van der Waals surface area (Å²) in [5.41, 5.74) is 10.7. The number of carbonyl (C=O) groups is 1. The molecule has 3 aromatic carbocycles. The summed E-state index contributed by atoms with van der Waals surface area (Å²) in [7, 11) is 0. The lowest BCUT2D eigenvalue weighted by Crippen LogP contribution is -2.25. The molecule has 2 unspecified atom stereocenters. The van der Waals surface area contributed by atoms with Gasteiger partial charge in [-0.3, -0.25) is 4.79 Å². The average Bonchev–Trinajstić information content (AvgIpc) is 2.86. The first-order valence-electron chi connectivity index (χ1n) is 12.5. The Bertz CT molecular complexity index is 1180. The van der Waals surface area contributed by atoms with Crippen LogP contribution in [0.15, 0.2) is 60.7 Å². The number of phenolic OH excluding ortho intramolecular Hbond substituents is 1. The summed E-state index contributed by atoms with van der Waals surface area (Å²) in [6.07, 6.45) is 2.48. The lowest BCUT2D eigenvalue weighted by atomic mass is 9.96. The minimum atomic E-state index is -0.296. The van der Waals surface area contributed by atoms with Crippen LogP contribution in [-0.4, -0.2) is 23.8 Å². The molecule has 3 N–H and O–H groups in total. The highest BCUT2D eigenvalue weighted by Gasteiger charge is 2.23. The zero-order valence-electron chi connectivity index (χ0n) is 21.2. The molecular formula is C30H35NO5. The summed E-state index contributed by atoms with van der Waals surface area (Å²) in [4.78, 5) is 11.8. The number of carbonyl (C=O) groups excluding carboxylic acids is 1. The second-order valence-corrected chi connectivity index (χ2v) is 9.60. The molecule has 0 aromatic heterocycles. The van der Waals surface area contributed by atoms with Crippen molar-refractivity contribution in [2.24, 2.45) is 0 Å². The van der Waals surface area contributed by atoms with Gasteiger partial charge in [0, 0.05) is 17.9 Å². The predicted octanol–water partition coefficient (Wildman–Crippen LogP) is 6.51. The van der Waals surface area contributed by atoms with Gasteiger partial charge < -0.3 is 25.1 Å². The first-order chi connectivity index (χ1) is 17.3. The highest BCUT2D eigenvalue weighted by atomic mass is 16.7. The van der Waals surface area contributed by atoms with Gasteiger partial charge in [-0.25, -0.2) is 0 Å². The number of ether oxygens (including phenoxy) is 3. The Morgan fingerprint density at radius 2 is 1.86 bits per heavy atom. The van der Waals surface area contributed by atoms with Crippen molar-refractivity contribution in [3.8, 4) is 11.5 Å². The fraction of sp³-hybridized carbons (Fsp3) is 0.367. The molecule has 6 heteroatoms. The number of nitrogens with two attached hydrogens (primary N) is 1. The van der Waals surface area contributed by atoms with E-state index in [0.717, 1.165) is 36.0 Å². The zero-order chi connectivity index (χ0) is 25.7. The van der Waals surface area contributed by atoms with Crippen molar-refractivity contribution in [3.63, 3.8) is 0 Å². The second kappa shape index (κ2) is 11.6. The molecule has 6 nitrogen and oxygen atoms in total. The number of anilines is 1. The predicted molar refractivity (Wildman–Crippen MR) is 140 cm³/mol. The van der Waals surface area contributed by atoms with Gasteiger partial charge in [-0.15, -0.1) is 0 Å². The summed E-state index contributed by atoms with van der Waals surface area (Å²) >= 11 is 0. The number of phenols is 1. The van der Waals surface area contributed by atoms with Gasteiger partial charge in [-0.05, 0) is 73.1 Å². The van der Waals surface area contributed by atoms with Crippen LogP contribution in [0.25, 0.3) is 0 Å². The van der Waals surface area contributed by atoms with Gasteiger partial charge in [0.05, 0.1) is 5.56 Å². The molecule has 190 valence electrons. The van der Waals surface area contributed by atoms with Gasteiger partial charge >= 0.3 is 0 Å². The van der Waals surface area contributed by atoms with Crippen molar-refractivity contribution >= 4 is 11.5 Å². The van der Waals surface area contributed by atoms with Gasteiger partial charge in [0.2, 0.25) is 0 Å². The Balaban J connectivity index is 1.53. The third kappa shape index (κ3) is 6.07. The number of hydrogen-bond acceptors (Lipinski definition) is 6. The molecule has 0 aliphatic carbocycles. The van der Waals surface area contributed by atoms with E-state index in [1.54, 1.807) is 12.1 Å². The van der Waals surface area contributed by atoms with Crippen LogP contribution < -0.4 is 10.5 Å². The van der Waals surface area contributed by atoms with Gasteiger partial charge in [0.25, 0.3) is 0 Å². The van der Waals surface area contributed by atoms with Crippen LogP contribution in [-0.2, 0) is 16.1 Å². The first kappa shape index (κ1) is 25.7. The number of rotatable bonds is 9. The SMILES string of the molecule is CC(=O)c1ccc(OCc2ccc(C(OC3CCCCO3)c3cccc(N)c3)cc2)c(C(C)C)c1O. The normalized spacial score (nSPS) is 16.6. The summed E-state index contributed by atoms with van der Waals surface area (Å²) in [5.74, 6) is 0.399. The van der Waals surface area contributed by atoms with Crippen molar-refractivity contribution in [1.82, 2.24) is 0 Å². The number of ketones is 1. The summed E-state index contributed by atoms with van der Waals surface area (Å²) in [6, 6.07) is 19.2. The summed E-state index contributed by atoms with van der Waals surface area (Å²) in [6.45, 7) is 6.42. The monoisotopic (exact) mass is 489 g/mol. The number of Topliss-reactive ketones (excluding diaryl/α,β-unsaturated/α-hetero) is 1. The maximum atomic E-state index is 11.8. The standard InChI is InChI=1S/C30H35NO5/c1-19(2)28-26(15-14-25(20(3)32)29(28)33)35-18-21-10-12-22(13-11-21)30(23-7-6-8-24(31)17-23)36-27-9-4-5-16-34-27/h6-8,10-15,17,19,27,30,33H,4-5,9,16,18,31H2,1-3H3. The fourth-order valence-corrected chi connectivity index (χ4v) is 4.55. The fourth-order valence-electron chi connectivity index (χ4n) is 4.55. The number of aromatic hydroxyl groups is 1. The van der Waals surface area contributed by atoms with Crippen LogP contribution in [0.3, 0.4) is 0 Å². The Morgan fingerprint density at radius 3 is 2.50 bits per heavy atom. The van der Waals surface area contributed by atoms with Crippen LogP contribution in [0.2, 0.25) is 0 Å². The molecule has 0 saturated carbocycles. The topological polar surface area (TPSA) is 91.0 Å². The zero-order valence-corrected chi connectivity index (χ0v) is 21.2. The molecule has 4 rings (SSSR count). The molecule has 1 fully saturated rings. The van der Waals surface area contributed by atoms with Gasteiger partial charge in [0.15, 0.2) is 12.1 Å². The molecule has 1 aliphatic rings. The molecule has 36 heavy (non-hydrogen) atoms. The maximum Gasteiger partial charge on any atom is 0.163 e. The van der Waals surface area contributed by atoms with E-state index in [-0.39, 0.29) is 29.8 Å². The molecule has 0 spiro atoms. The Morgan fingerprint density at radius 1 is 1.08 bits per heavy atom. The van der Waals surface area contributed by atoms with E-state index in [9.17, 15) is 9.90 Å². The van der Waals surface area contributed by atoms with Gasteiger partial charge in [-0.1, -0.05) is 50.2 Å². The molecule has 0 radical (unpaired) electrons. The number of hydrogen-bond donors (Lipinski definition) is 2. The minimum absolute atomic E-state index is 0.0000945. The van der Waals surface area contributed by atoms with Crippen LogP contribution in [0, 0.1) is 0 Å². The van der Waals surface area contributed by atoms with Crippen LogP contribution in [0.5, 0.6) is 11.5 Å². The van der Waals surface area contributed by atoms with E-state index in [4.69, 9.17) is 19.9 Å². The molecule has 1 aliphatic heterocycles. The van der Waals surface area contributed by atoms with E-state index in [1.165, 1.54) is 6.92 Å². The van der Waals surface area contributed by atoms with Crippen LogP contribution in [0.4, 0.5) is 5.69 Å². The molecular weight excluding hydrogens is 454 g/mol. The lowest BCUT2D eigenvalue weighted by Gasteiger charge is -2.28. The van der Waals surface area contributed by atoms with Crippen molar-refractivity contribution in [2.75, 3.05) is 12.3 Å². The smallest absolute Gasteiger partial charge is 0.163 e. The largest absolute Gasteiger partial charge is 0.507 e. The highest BCUT2D eigenvalue weighted by Crippen LogP contribution is 2.38. The third-order valence-corrected chi connectivity index (χ3v) is 6.45. The Kier molecular flexibility index (Phi) is 8.28. The van der Waals surface area contributed by atoms with Gasteiger partial charge in [-0.2, -0.15) is 0 Å². The van der Waals surface area contributed by atoms with E-state index in [2.05, 4.69) is 0 Å². The summed E-state index contributed by atoms with van der Waals surface area (Å²) < 4.78 is 18.3. The van der Waals surface area contributed by atoms with Crippen LogP contribution >= 0.6 is 0 Å². The minimum Gasteiger partial charge on any atom is -0.507 e. The first-order valence-corrected chi connectivity index (χ1v) is 12.5. The van der Waals surface area contributed by atoms with E-state index >= 15 is 0 Å². The lowest BCUT2D eigenvalue weighted by molar-refractivity contribution is -0.181. The van der Waals surface area contributed by atoms with E-state index < -0.39 is 0 Å². The van der Waals surface area contributed by atoms with E-state index in [0.29, 0.717) is 35.8 Å². The second-order valence-electron chi connectivity index (χ2n) is 9.60. The van der Waals surface area contributed by atoms with Crippen molar-refractivity contribution < 1.29 is 24.1 Å². The molecule has 0 amide bonds. The summed E-state index contributed by atoms with van der Waals surface area (Å²) in [5, 5.41) is 10.6. The average molecular weight is 490 g/mol. The molecule has 3 aromatic rings. The van der Waals surface area contributed by atoms with Crippen LogP contribution in [0.1, 0.15) is 84.7 Å². The van der Waals surface area contributed by atoms with Crippen molar-refractivity contribution in [1.29, 1.82) is 0 Å². The highest BCUT2D eigenvalue weighted by molar-refractivity contribution is 5.97. The van der Waals surface area contributed by atoms with Crippen molar-refractivity contribution in [2.45, 2.75) is 65.0 Å². The third-order valence-electron chi connectivity index (χ3n) is 6.45. The molecule has 1 heterocycles. The van der Waals surface area contributed by atoms with Gasteiger partial charge in [0.1, 0.15) is 24.2 Å². The Labute approximate surface area is 213 Å². The Hall–Kier alpha value is -3.35. The number of nitrogen functional groups attached to an aromatic ring is 1. The quantitative estimate of drug-likeness (QED) is 0.263.